The van der Waals surface area contributed by atoms with Crippen molar-refractivity contribution >= 4 is 50.9 Å². The molecule has 0 aliphatic heterocycles. The fourth-order valence-electron chi connectivity index (χ4n) is 5.48. The number of anilines is 4. The third-order valence-corrected chi connectivity index (χ3v) is 8.68. The number of thiophene rings is 1. The van der Waals surface area contributed by atoms with E-state index in [1.165, 1.54) is 11.3 Å². The lowest BCUT2D eigenvalue weighted by Crippen LogP contribution is -2.36. The highest BCUT2D eigenvalue weighted by Crippen LogP contribution is 2.36. The van der Waals surface area contributed by atoms with Gasteiger partial charge in [0.25, 0.3) is 5.91 Å². The Morgan fingerprint density at radius 2 is 1.76 bits per heavy atom. The van der Waals surface area contributed by atoms with Crippen LogP contribution in [0.15, 0.2) is 106 Å². The highest BCUT2D eigenvalue weighted by Gasteiger charge is 2.25. The van der Waals surface area contributed by atoms with Gasteiger partial charge in [-0.1, -0.05) is 42.5 Å². The highest BCUT2D eigenvalue weighted by molar-refractivity contribution is 7.12. The van der Waals surface area contributed by atoms with Crippen LogP contribution in [0.3, 0.4) is 0 Å². The van der Waals surface area contributed by atoms with Crippen LogP contribution in [0.1, 0.15) is 27.2 Å². The summed E-state index contributed by atoms with van der Waals surface area (Å²) in [5.74, 6) is -0.266. The van der Waals surface area contributed by atoms with Gasteiger partial charge < -0.3 is 20.3 Å². The molecule has 6 rings (SSSR count). The molecule has 0 unspecified atom stereocenters. The van der Waals surface area contributed by atoms with Crippen molar-refractivity contribution in [2.45, 2.75) is 19.9 Å². The molecule has 0 aliphatic carbocycles. The van der Waals surface area contributed by atoms with E-state index in [0.717, 1.165) is 33.4 Å². The van der Waals surface area contributed by atoms with Gasteiger partial charge in [0.2, 0.25) is 10.9 Å². The number of aromatic nitrogens is 1. The number of amides is 1. The zero-order valence-electron chi connectivity index (χ0n) is 25.0. The molecular weight excluding hydrogens is 584 g/mol. The summed E-state index contributed by atoms with van der Waals surface area (Å²) in [5.41, 5.74) is 5.32. The van der Waals surface area contributed by atoms with Gasteiger partial charge in [-0.2, -0.15) is 0 Å². The first-order valence-electron chi connectivity index (χ1n) is 14.7. The molecule has 0 saturated carbocycles. The third kappa shape index (κ3) is 6.13. The van der Waals surface area contributed by atoms with Crippen molar-refractivity contribution in [3.8, 4) is 11.1 Å². The molecule has 0 atom stereocenters. The fraction of sp³-hybridized carbons (Fsp3) is 0.167. The molecular formula is C36H32N4O4S. The van der Waals surface area contributed by atoms with Crippen molar-refractivity contribution in [2.75, 3.05) is 35.8 Å². The number of aryl methyl sites for hydroxylation is 1. The van der Waals surface area contributed by atoms with Gasteiger partial charge in [-0.3, -0.25) is 19.4 Å². The summed E-state index contributed by atoms with van der Waals surface area (Å²) >= 11 is 1.36. The normalized spacial score (nSPS) is 11.2. The number of nitrogens with zero attached hydrogens (tertiary/aromatic N) is 2. The Kier molecular flexibility index (Phi) is 8.81. The molecule has 9 heteroatoms. The second-order valence-corrected chi connectivity index (χ2v) is 11.6. The largest absolute Gasteiger partial charge is 0.385 e. The summed E-state index contributed by atoms with van der Waals surface area (Å²) in [6, 6.07) is 27.4. The van der Waals surface area contributed by atoms with E-state index < -0.39 is 10.9 Å². The van der Waals surface area contributed by atoms with Crippen LogP contribution in [-0.2, 0) is 11.3 Å². The number of ether oxygens (including phenoxy) is 1. The number of benzene rings is 3. The number of hydrogen-bond donors (Lipinski definition) is 2. The summed E-state index contributed by atoms with van der Waals surface area (Å²) in [4.78, 5) is 46.1. The molecule has 0 bridgehead atoms. The number of methoxy groups -OCH3 is 1. The molecule has 8 nitrogen and oxygen atoms in total. The second kappa shape index (κ2) is 13.3. The van der Waals surface area contributed by atoms with Gasteiger partial charge in [0.05, 0.1) is 22.5 Å². The predicted molar refractivity (Wildman–Crippen MR) is 183 cm³/mol. The quantitative estimate of drug-likeness (QED) is 0.114. The summed E-state index contributed by atoms with van der Waals surface area (Å²) in [6.45, 7) is 3.47. The fourth-order valence-corrected chi connectivity index (χ4v) is 6.27. The molecule has 2 N–H and O–H groups in total. The molecule has 1 amide bonds. The maximum absolute atomic E-state index is 13.8. The van der Waals surface area contributed by atoms with E-state index in [-0.39, 0.29) is 5.91 Å². The maximum Gasteiger partial charge on any atom is 0.267 e. The maximum atomic E-state index is 13.8. The average Bonchev–Trinajstić information content (AvgIpc) is 3.56. The first-order chi connectivity index (χ1) is 22.0. The molecule has 4 aromatic carbocycles. The summed E-state index contributed by atoms with van der Waals surface area (Å²) in [5, 5.41) is 9.10. The molecule has 0 radical (unpaired) electrons. The van der Waals surface area contributed by atoms with E-state index in [9.17, 15) is 14.4 Å². The van der Waals surface area contributed by atoms with Gasteiger partial charge in [-0.25, -0.2) is 0 Å². The lowest BCUT2D eigenvalue weighted by atomic mass is 9.94. The van der Waals surface area contributed by atoms with Crippen LogP contribution >= 0.6 is 11.3 Å². The Bertz CT molecular complexity index is 2040. The molecule has 2 aromatic heterocycles. The summed E-state index contributed by atoms with van der Waals surface area (Å²) < 4.78 is 5.08. The van der Waals surface area contributed by atoms with Crippen LogP contribution in [0.4, 0.5) is 22.7 Å². The number of pyridine rings is 1. The SMILES string of the molecule is COCCCNc1c(-c2cc(NC(=O)c3sccc3N(Cc3ccnc4ccccc34)c3ccccc3)ccc2C)c(=O)c1=O. The Balaban J connectivity index is 1.30. The number of rotatable bonds is 12. The van der Waals surface area contributed by atoms with Gasteiger partial charge in [0, 0.05) is 49.8 Å². The number of carbonyl (C=O) groups excluding carboxylic acids is 1. The molecule has 6 aromatic rings. The molecule has 2 heterocycles. The first-order valence-corrected chi connectivity index (χ1v) is 15.6. The number of para-hydroxylation sites is 2. The molecule has 45 heavy (non-hydrogen) atoms. The van der Waals surface area contributed by atoms with Crippen LogP contribution in [-0.4, -0.2) is 31.2 Å². The smallest absolute Gasteiger partial charge is 0.267 e. The zero-order valence-corrected chi connectivity index (χ0v) is 25.8. The van der Waals surface area contributed by atoms with Crippen molar-refractivity contribution in [2.24, 2.45) is 0 Å². The van der Waals surface area contributed by atoms with Crippen molar-refractivity contribution in [3.05, 3.63) is 133 Å². The van der Waals surface area contributed by atoms with E-state index in [2.05, 4.69) is 26.6 Å². The standard InChI is InChI=1S/C36H32N4O4S/c1-23-13-14-25(21-28(23)31-32(34(42)33(31)41)38-17-8-19-44-2)39-36(43)35-30(16-20-45-35)40(26-9-4-3-5-10-26)22-24-15-18-37-29-12-7-6-11-27(24)29/h3-7,9-16,18,20-21,38H,8,17,19,22H2,1-2H3,(H,39,43). The number of carbonyl (C=O) groups is 1. The molecule has 0 aliphatic rings. The monoisotopic (exact) mass is 616 g/mol. The molecule has 226 valence electrons. The topological polar surface area (TPSA) is 101 Å². The molecule has 0 saturated heterocycles. The average molecular weight is 617 g/mol. The van der Waals surface area contributed by atoms with E-state index in [0.29, 0.717) is 53.5 Å². The Hall–Kier alpha value is -5.12. The summed E-state index contributed by atoms with van der Waals surface area (Å²) in [6.07, 6.45) is 2.51. The van der Waals surface area contributed by atoms with Crippen molar-refractivity contribution < 1.29 is 9.53 Å². The molecule has 0 spiro atoms. The first kappa shape index (κ1) is 29.9. The zero-order chi connectivity index (χ0) is 31.3. The van der Waals surface area contributed by atoms with Gasteiger partial charge >= 0.3 is 0 Å². The number of hydrogen-bond acceptors (Lipinski definition) is 8. The molecule has 0 fully saturated rings. The number of fused-ring (bicyclic) bond motifs is 1. The van der Waals surface area contributed by atoms with Crippen LogP contribution < -0.4 is 26.4 Å². The van der Waals surface area contributed by atoms with Gasteiger partial charge in [-0.05, 0) is 77.9 Å². The van der Waals surface area contributed by atoms with Gasteiger partial charge in [0.15, 0.2) is 0 Å². The minimum absolute atomic E-state index is 0.266. The van der Waals surface area contributed by atoms with E-state index in [1.807, 2.05) is 85.2 Å². The van der Waals surface area contributed by atoms with E-state index in [4.69, 9.17) is 4.74 Å². The Labute approximate surface area is 264 Å². The lowest BCUT2D eigenvalue weighted by molar-refractivity contribution is 0.103. The van der Waals surface area contributed by atoms with Crippen molar-refractivity contribution in [1.29, 1.82) is 0 Å². The van der Waals surface area contributed by atoms with Gasteiger partial charge in [-0.15, -0.1) is 11.3 Å². The van der Waals surface area contributed by atoms with Gasteiger partial charge in [0.1, 0.15) is 4.88 Å². The minimum atomic E-state index is -0.529. The lowest BCUT2D eigenvalue weighted by Gasteiger charge is -2.26. The van der Waals surface area contributed by atoms with Crippen LogP contribution in [0.25, 0.3) is 22.0 Å². The van der Waals surface area contributed by atoms with Crippen molar-refractivity contribution in [3.63, 3.8) is 0 Å². The van der Waals surface area contributed by atoms with Crippen LogP contribution in [0.5, 0.6) is 0 Å². The van der Waals surface area contributed by atoms with E-state index >= 15 is 0 Å². The van der Waals surface area contributed by atoms with Crippen molar-refractivity contribution in [1.82, 2.24) is 4.98 Å². The minimum Gasteiger partial charge on any atom is -0.385 e. The van der Waals surface area contributed by atoms with Crippen LogP contribution in [0.2, 0.25) is 0 Å². The Morgan fingerprint density at radius 1 is 0.956 bits per heavy atom. The summed E-state index contributed by atoms with van der Waals surface area (Å²) in [7, 11) is 1.62. The Morgan fingerprint density at radius 3 is 2.58 bits per heavy atom. The third-order valence-electron chi connectivity index (χ3n) is 7.78. The predicted octanol–water partition coefficient (Wildman–Crippen LogP) is 6.91. The highest BCUT2D eigenvalue weighted by atomic mass is 32.1. The number of nitrogens with one attached hydrogen (secondary N) is 2. The second-order valence-electron chi connectivity index (χ2n) is 10.7. The van der Waals surface area contributed by atoms with E-state index in [1.54, 1.807) is 19.2 Å². The van der Waals surface area contributed by atoms with Crippen LogP contribution in [0, 0.1) is 6.92 Å².